The second-order valence-corrected chi connectivity index (χ2v) is 4.96. The molecule has 0 amide bonds. The van der Waals surface area contributed by atoms with Gasteiger partial charge in [-0.1, -0.05) is 22.0 Å². The molecule has 0 fully saturated rings. The van der Waals surface area contributed by atoms with Gasteiger partial charge in [0.2, 0.25) is 0 Å². The molecule has 0 saturated carbocycles. The van der Waals surface area contributed by atoms with E-state index >= 15 is 0 Å². The number of benzene rings is 2. The molecule has 0 aliphatic carbocycles. The topological polar surface area (TPSA) is 17.8 Å². The number of hydrogen-bond acceptors (Lipinski definition) is 1. The number of aryl methyl sites for hydroxylation is 1. The monoisotopic (exact) mass is 304 g/mol. The molecule has 2 aromatic carbocycles. The van der Waals surface area contributed by atoms with E-state index in [1.165, 1.54) is 12.1 Å². The van der Waals surface area contributed by atoms with E-state index in [2.05, 4.69) is 21.0 Å². The van der Waals surface area contributed by atoms with Crippen molar-refractivity contribution in [3.8, 4) is 5.69 Å². The number of rotatable bonds is 1. The Hall–Kier alpha value is -1.68. The van der Waals surface area contributed by atoms with E-state index in [1.54, 1.807) is 12.1 Å². The summed E-state index contributed by atoms with van der Waals surface area (Å²) in [6.07, 6.45) is 0. The maximum absolute atomic E-state index is 12.9. The third-order valence-corrected chi connectivity index (χ3v) is 3.56. The average Bonchev–Trinajstić information content (AvgIpc) is 2.69. The Morgan fingerprint density at radius 1 is 1.11 bits per heavy atom. The lowest BCUT2D eigenvalue weighted by Gasteiger charge is -2.03. The molecule has 2 nitrogen and oxygen atoms in total. The van der Waals surface area contributed by atoms with E-state index in [0.29, 0.717) is 0 Å². The summed E-state index contributed by atoms with van der Waals surface area (Å²) in [4.78, 5) is 0. The highest BCUT2D eigenvalue weighted by Gasteiger charge is 2.11. The Bertz CT molecular complexity index is 716. The molecule has 0 N–H and O–H groups in total. The summed E-state index contributed by atoms with van der Waals surface area (Å²) >= 11 is 3.53. The van der Waals surface area contributed by atoms with Crippen LogP contribution in [0.25, 0.3) is 16.6 Å². The first-order valence-electron chi connectivity index (χ1n) is 5.56. The summed E-state index contributed by atoms with van der Waals surface area (Å²) in [5, 5.41) is 5.60. The Morgan fingerprint density at radius 2 is 1.83 bits per heavy atom. The fourth-order valence-electron chi connectivity index (χ4n) is 2.08. The van der Waals surface area contributed by atoms with Crippen LogP contribution in [0.5, 0.6) is 0 Å². The minimum Gasteiger partial charge on any atom is -0.233 e. The summed E-state index contributed by atoms with van der Waals surface area (Å²) < 4.78 is 15.8. The number of aromatic nitrogens is 2. The van der Waals surface area contributed by atoms with Crippen molar-refractivity contribution in [2.24, 2.45) is 0 Å². The molecule has 0 atom stereocenters. The van der Waals surface area contributed by atoms with Crippen LogP contribution in [-0.2, 0) is 0 Å². The predicted molar refractivity (Wildman–Crippen MR) is 73.5 cm³/mol. The van der Waals surface area contributed by atoms with E-state index in [9.17, 15) is 4.39 Å². The molecule has 0 aliphatic heterocycles. The average molecular weight is 305 g/mol. The van der Waals surface area contributed by atoms with E-state index < -0.39 is 0 Å². The van der Waals surface area contributed by atoms with Gasteiger partial charge in [-0.3, -0.25) is 0 Å². The normalized spacial score (nSPS) is 11.1. The molecular formula is C14H10BrFN2. The van der Waals surface area contributed by atoms with Gasteiger partial charge in [0.1, 0.15) is 5.82 Å². The molecule has 1 aromatic heterocycles. The Kier molecular flexibility index (Phi) is 2.67. The maximum Gasteiger partial charge on any atom is 0.123 e. The molecule has 0 saturated heterocycles. The highest BCUT2D eigenvalue weighted by molar-refractivity contribution is 9.10. The molecule has 90 valence electrons. The van der Waals surface area contributed by atoms with Crippen LogP contribution >= 0.6 is 15.9 Å². The van der Waals surface area contributed by atoms with Crippen LogP contribution in [0.4, 0.5) is 4.39 Å². The smallest absolute Gasteiger partial charge is 0.123 e. The van der Waals surface area contributed by atoms with Crippen LogP contribution in [-0.4, -0.2) is 9.78 Å². The predicted octanol–water partition coefficient (Wildman–Crippen LogP) is 4.24. The van der Waals surface area contributed by atoms with Crippen molar-refractivity contribution in [3.63, 3.8) is 0 Å². The summed E-state index contributed by atoms with van der Waals surface area (Å²) in [5.74, 6) is -0.242. The molecule has 0 aliphatic rings. The van der Waals surface area contributed by atoms with Gasteiger partial charge in [-0.05, 0) is 43.3 Å². The number of hydrogen-bond donors (Lipinski definition) is 0. The fourth-order valence-corrected chi connectivity index (χ4v) is 2.72. The largest absolute Gasteiger partial charge is 0.233 e. The standard InChI is InChI=1S/C14H10BrFN2/c1-9-14-12(15)3-2-4-13(14)18(17-9)11-7-5-10(16)6-8-11/h2-8H,1H3. The SMILES string of the molecule is Cc1nn(-c2ccc(F)cc2)c2cccc(Br)c12. The molecule has 18 heavy (non-hydrogen) atoms. The zero-order valence-electron chi connectivity index (χ0n) is 9.69. The molecule has 0 spiro atoms. The van der Waals surface area contributed by atoms with Crippen molar-refractivity contribution < 1.29 is 4.39 Å². The highest BCUT2D eigenvalue weighted by atomic mass is 79.9. The third-order valence-electron chi connectivity index (χ3n) is 2.90. The van der Waals surface area contributed by atoms with Crippen LogP contribution < -0.4 is 0 Å². The Balaban J connectivity index is 2.30. The second kappa shape index (κ2) is 4.21. The van der Waals surface area contributed by atoms with Gasteiger partial charge in [-0.25, -0.2) is 9.07 Å². The van der Waals surface area contributed by atoms with Crippen LogP contribution in [0.15, 0.2) is 46.9 Å². The molecular weight excluding hydrogens is 295 g/mol. The van der Waals surface area contributed by atoms with Gasteiger partial charge >= 0.3 is 0 Å². The van der Waals surface area contributed by atoms with Crippen molar-refractivity contribution >= 4 is 26.8 Å². The number of halogens is 2. The Labute approximate surface area is 112 Å². The van der Waals surface area contributed by atoms with E-state index in [-0.39, 0.29) is 5.82 Å². The van der Waals surface area contributed by atoms with Gasteiger partial charge in [-0.15, -0.1) is 0 Å². The summed E-state index contributed by atoms with van der Waals surface area (Å²) in [7, 11) is 0. The zero-order valence-corrected chi connectivity index (χ0v) is 11.3. The fraction of sp³-hybridized carbons (Fsp3) is 0.0714. The van der Waals surface area contributed by atoms with Gasteiger partial charge in [0.05, 0.1) is 16.9 Å². The molecule has 1 heterocycles. The summed E-state index contributed by atoms with van der Waals surface area (Å²) in [6.45, 7) is 1.97. The number of nitrogens with zero attached hydrogens (tertiary/aromatic N) is 2. The lowest BCUT2D eigenvalue weighted by atomic mass is 10.2. The molecule has 0 bridgehead atoms. The van der Waals surface area contributed by atoms with Crippen molar-refractivity contribution in [2.45, 2.75) is 6.92 Å². The van der Waals surface area contributed by atoms with Crippen LogP contribution in [0, 0.1) is 12.7 Å². The molecule has 0 unspecified atom stereocenters. The third kappa shape index (κ3) is 1.73. The van der Waals surface area contributed by atoms with Gasteiger partial charge in [-0.2, -0.15) is 5.10 Å². The minimum absolute atomic E-state index is 0.242. The van der Waals surface area contributed by atoms with E-state index in [0.717, 1.165) is 26.8 Å². The molecule has 0 radical (unpaired) electrons. The van der Waals surface area contributed by atoms with Crippen LogP contribution in [0.2, 0.25) is 0 Å². The van der Waals surface area contributed by atoms with Gasteiger partial charge in [0.15, 0.2) is 0 Å². The lowest BCUT2D eigenvalue weighted by Crippen LogP contribution is -1.96. The van der Waals surface area contributed by atoms with Crippen molar-refractivity contribution in [1.29, 1.82) is 0 Å². The van der Waals surface area contributed by atoms with Gasteiger partial charge in [0.25, 0.3) is 0 Å². The van der Waals surface area contributed by atoms with Crippen LogP contribution in [0.1, 0.15) is 5.69 Å². The van der Waals surface area contributed by atoms with Gasteiger partial charge in [0, 0.05) is 9.86 Å². The van der Waals surface area contributed by atoms with Crippen molar-refractivity contribution in [1.82, 2.24) is 9.78 Å². The lowest BCUT2D eigenvalue weighted by molar-refractivity contribution is 0.627. The second-order valence-electron chi connectivity index (χ2n) is 4.11. The maximum atomic E-state index is 12.9. The van der Waals surface area contributed by atoms with Gasteiger partial charge < -0.3 is 0 Å². The summed E-state index contributed by atoms with van der Waals surface area (Å²) in [6, 6.07) is 12.3. The number of fused-ring (bicyclic) bond motifs is 1. The first-order chi connectivity index (χ1) is 8.66. The van der Waals surface area contributed by atoms with Crippen molar-refractivity contribution in [3.05, 3.63) is 58.4 Å². The van der Waals surface area contributed by atoms with E-state index in [4.69, 9.17) is 0 Å². The van der Waals surface area contributed by atoms with Crippen LogP contribution in [0.3, 0.4) is 0 Å². The van der Waals surface area contributed by atoms with E-state index in [1.807, 2.05) is 29.8 Å². The first kappa shape index (κ1) is 11.4. The highest BCUT2D eigenvalue weighted by Crippen LogP contribution is 2.28. The summed E-state index contributed by atoms with van der Waals surface area (Å²) in [5.41, 5.74) is 2.81. The molecule has 4 heteroatoms. The quantitative estimate of drug-likeness (QED) is 0.657. The Morgan fingerprint density at radius 3 is 2.56 bits per heavy atom. The zero-order chi connectivity index (χ0) is 12.7. The first-order valence-corrected chi connectivity index (χ1v) is 6.36. The molecule has 3 rings (SSSR count). The molecule has 3 aromatic rings. The van der Waals surface area contributed by atoms with Crippen molar-refractivity contribution in [2.75, 3.05) is 0 Å². The minimum atomic E-state index is -0.242.